The number of hydrogen-bond donors (Lipinski definition) is 2. The van der Waals surface area contributed by atoms with Crippen LogP contribution < -0.4 is 15.4 Å². The molecule has 2 aromatic carbocycles. The Bertz CT molecular complexity index is 1230. The largest absolute Gasteiger partial charge is 0.495 e. The highest BCUT2D eigenvalue weighted by molar-refractivity contribution is 7.18. The summed E-state index contributed by atoms with van der Waals surface area (Å²) >= 11 is 0.944. The lowest BCUT2D eigenvalue weighted by atomic mass is 10.1. The fourth-order valence-electron chi connectivity index (χ4n) is 2.82. The molecule has 0 radical (unpaired) electrons. The first-order valence-corrected chi connectivity index (χ1v) is 9.71. The molecule has 0 aliphatic heterocycles. The number of carbonyl (C=O) groups excluding carboxylic acids is 2. The highest BCUT2D eigenvalue weighted by Gasteiger charge is 2.23. The quantitative estimate of drug-likeness (QED) is 0.436. The average molecular weight is 436 g/mol. The Morgan fingerprint density at radius 1 is 1.13 bits per heavy atom. The molecule has 156 valence electrons. The van der Waals surface area contributed by atoms with Crippen molar-refractivity contribution >= 4 is 39.5 Å². The standard InChI is InChI=1S/C21H16N4O5S/c1-12-15(11-22)21(24-19(26)13-6-5-7-14(10-13)25(28)29)31-18(12)20(27)23-16-8-3-4-9-17(16)30-2/h3-10H,1-2H3,(H,23,27)(H,24,26). The summed E-state index contributed by atoms with van der Waals surface area (Å²) in [5, 5.41) is 26.0. The Morgan fingerprint density at radius 3 is 2.55 bits per heavy atom. The van der Waals surface area contributed by atoms with Crippen LogP contribution in [-0.2, 0) is 0 Å². The Balaban J connectivity index is 1.88. The van der Waals surface area contributed by atoms with Crippen LogP contribution in [0.4, 0.5) is 16.4 Å². The summed E-state index contributed by atoms with van der Waals surface area (Å²) in [4.78, 5) is 36.0. The van der Waals surface area contributed by atoms with Crippen molar-refractivity contribution in [1.82, 2.24) is 0 Å². The van der Waals surface area contributed by atoms with Gasteiger partial charge >= 0.3 is 0 Å². The van der Waals surface area contributed by atoms with Gasteiger partial charge in [-0.15, -0.1) is 11.3 Å². The number of para-hydroxylation sites is 2. The summed E-state index contributed by atoms with van der Waals surface area (Å²) in [6.45, 7) is 1.61. The van der Waals surface area contributed by atoms with Gasteiger partial charge in [0.1, 0.15) is 16.8 Å². The van der Waals surface area contributed by atoms with E-state index in [0.717, 1.165) is 17.4 Å². The van der Waals surface area contributed by atoms with E-state index in [2.05, 4.69) is 10.6 Å². The minimum Gasteiger partial charge on any atom is -0.495 e. The van der Waals surface area contributed by atoms with Gasteiger partial charge in [-0.2, -0.15) is 5.26 Å². The molecule has 0 bridgehead atoms. The lowest BCUT2D eigenvalue weighted by Gasteiger charge is -2.09. The number of methoxy groups -OCH3 is 1. The molecule has 31 heavy (non-hydrogen) atoms. The van der Waals surface area contributed by atoms with E-state index in [1.165, 1.54) is 25.3 Å². The van der Waals surface area contributed by atoms with Gasteiger partial charge in [-0.3, -0.25) is 19.7 Å². The number of hydrogen-bond acceptors (Lipinski definition) is 7. The molecule has 1 heterocycles. The number of benzene rings is 2. The number of nitro benzene ring substituents is 1. The molecular weight excluding hydrogens is 420 g/mol. The van der Waals surface area contributed by atoms with Crippen molar-refractivity contribution in [3.8, 4) is 11.8 Å². The minimum atomic E-state index is -0.627. The molecule has 0 saturated heterocycles. The number of carbonyl (C=O) groups is 2. The maximum absolute atomic E-state index is 12.8. The van der Waals surface area contributed by atoms with Crippen molar-refractivity contribution in [2.24, 2.45) is 0 Å². The number of thiophene rings is 1. The summed E-state index contributed by atoms with van der Waals surface area (Å²) in [6.07, 6.45) is 0. The molecule has 10 heteroatoms. The monoisotopic (exact) mass is 436 g/mol. The lowest BCUT2D eigenvalue weighted by molar-refractivity contribution is -0.384. The van der Waals surface area contributed by atoms with Gasteiger partial charge in [0.25, 0.3) is 17.5 Å². The fraction of sp³-hybridized carbons (Fsp3) is 0.0952. The Labute approximate surface area is 181 Å². The molecule has 1 aromatic heterocycles. The number of anilines is 2. The van der Waals surface area contributed by atoms with Crippen molar-refractivity contribution in [2.75, 3.05) is 17.7 Å². The second kappa shape index (κ2) is 9.06. The number of nitro groups is 1. The van der Waals surface area contributed by atoms with E-state index in [1.807, 2.05) is 6.07 Å². The molecule has 0 atom stereocenters. The van der Waals surface area contributed by atoms with E-state index in [9.17, 15) is 25.0 Å². The second-order valence-corrected chi connectivity index (χ2v) is 7.31. The summed E-state index contributed by atoms with van der Waals surface area (Å²) in [7, 11) is 1.48. The molecule has 0 unspecified atom stereocenters. The predicted molar refractivity (Wildman–Crippen MR) is 116 cm³/mol. The van der Waals surface area contributed by atoms with Gasteiger partial charge in [0.15, 0.2) is 0 Å². The first kappa shape index (κ1) is 21.5. The zero-order chi connectivity index (χ0) is 22.5. The smallest absolute Gasteiger partial charge is 0.270 e. The third-order valence-electron chi connectivity index (χ3n) is 4.37. The van der Waals surface area contributed by atoms with Crippen molar-refractivity contribution in [2.45, 2.75) is 6.92 Å². The molecule has 0 spiro atoms. The van der Waals surface area contributed by atoms with Crippen molar-refractivity contribution in [3.05, 3.63) is 80.2 Å². The zero-order valence-electron chi connectivity index (χ0n) is 16.5. The predicted octanol–water partition coefficient (Wildman–Crippen LogP) is 4.35. The SMILES string of the molecule is COc1ccccc1NC(=O)c1sc(NC(=O)c2cccc([N+](=O)[O-])c2)c(C#N)c1C. The van der Waals surface area contributed by atoms with E-state index in [1.54, 1.807) is 31.2 Å². The van der Waals surface area contributed by atoms with Crippen LogP contribution in [0.1, 0.15) is 31.2 Å². The zero-order valence-corrected chi connectivity index (χ0v) is 17.3. The van der Waals surface area contributed by atoms with Crippen LogP contribution in [0, 0.1) is 28.4 Å². The highest BCUT2D eigenvalue weighted by atomic mass is 32.1. The molecule has 3 aromatic rings. The van der Waals surface area contributed by atoms with Gasteiger partial charge in [0.2, 0.25) is 0 Å². The van der Waals surface area contributed by atoms with E-state index >= 15 is 0 Å². The molecule has 0 saturated carbocycles. The number of nitrogens with zero attached hydrogens (tertiary/aromatic N) is 2. The third kappa shape index (κ3) is 4.52. The molecule has 9 nitrogen and oxygen atoms in total. The first-order chi connectivity index (χ1) is 14.8. The second-order valence-electron chi connectivity index (χ2n) is 6.29. The first-order valence-electron chi connectivity index (χ1n) is 8.89. The number of amides is 2. The van der Waals surface area contributed by atoms with Crippen molar-refractivity contribution in [1.29, 1.82) is 5.26 Å². The van der Waals surface area contributed by atoms with Crippen LogP contribution in [0.15, 0.2) is 48.5 Å². The lowest BCUT2D eigenvalue weighted by Crippen LogP contribution is -2.12. The van der Waals surface area contributed by atoms with E-state index in [-0.39, 0.29) is 26.7 Å². The van der Waals surface area contributed by atoms with E-state index < -0.39 is 16.7 Å². The number of ether oxygens (including phenoxy) is 1. The molecule has 2 amide bonds. The molecule has 2 N–H and O–H groups in total. The van der Waals surface area contributed by atoms with Gasteiger partial charge in [0.05, 0.1) is 28.2 Å². The molecular formula is C21H16N4O5S. The summed E-state index contributed by atoms with van der Waals surface area (Å²) < 4.78 is 5.22. The maximum Gasteiger partial charge on any atom is 0.270 e. The third-order valence-corrected chi connectivity index (χ3v) is 5.57. The Kier molecular flexibility index (Phi) is 6.28. The molecule has 3 rings (SSSR count). The maximum atomic E-state index is 12.8. The summed E-state index contributed by atoms with van der Waals surface area (Å²) in [5.41, 5.74) is 0.850. The Hall–Kier alpha value is -4.23. The van der Waals surface area contributed by atoms with Crippen LogP contribution in [-0.4, -0.2) is 23.8 Å². The van der Waals surface area contributed by atoms with Crippen LogP contribution in [0.25, 0.3) is 0 Å². The van der Waals surface area contributed by atoms with Crippen LogP contribution >= 0.6 is 11.3 Å². The van der Waals surface area contributed by atoms with Gasteiger partial charge in [-0.1, -0.05) is 18.2 Å². The summed E-state index contributed by atoms with van der Waals surface area (Å²) in [5.74, 6) is -0.609. The normalized spacial score (nSPS) is 10.1. The van der Waals surface area contributed by atoms with Crippen molar-refractivity contribution < 1.29 is 19.2 Å². The minimum absolute atomic E-state index is 0.0594. The number of nitrogens with one attached hydrogen (secondary N) is 2. The van der Waals surface area contributed by atoms with Gasteiger partial charge in [0, 0.05) is 17.7 Å². The van der Waals surface area contributed by atoms with Gasteiger partial charge < -0.3 is 15.4 Å². The topological polar surface area (TPSA) is 134 Å². The fourth-order valence-corrected chi connectivity index (χ4v) is 3.86. The average Bonchev–Trinajstić information content (AvgIpc) is 3.09. The molecule has 0 aliphatic carbocycles. The molecule has 0 fully saturated rings. The number of rotatable bonds is 6. The van der Waals surface area contributed by atoms with E-state index in [0.29, 0.717) is 17.0 Å². The number of nitriles is 1. The number of non-ortho nitro benzene ring substituents is 1. The highest BCUT2D eigenvalue weighted by Crippen LogP contribution is 2.34. The Morgan fingerprint density at radius 2 is 1.87 bits per heavy atom. The van der Waals surface area contributed by atoms with Gasteiger partial charge in [-0.25, -0.2) is 0 Å². The molecule has 0 aliphatic rings. The van der Waals surface area contributed by atoms with E-state index in [4.69, 9.17) is 4.74 Å². The van der Waals surface area contributed by atoms with Crippen LogP contribution in [0.3, 0.4) is 0 Å². The van der Waals surface area contributed by atoms with Crippen LogP contribution in [0.5, 0.6) is 5.75 Å². The van der Waals surface area contributed by atoms with Crippen LogP contribution in [0.2, 0.25) is 0 Å². The summed E-state index contributed by atoms with van der Waals surface area (Å²) in [6, 6.07) is 14.1. The van der Waals surface area contributed by atoms with Crippen molar-refractivity contribution in [3.63, 3.8) is 0 Å². The van der Waals surface area contributed by atoms with Gasteiger partial charge in [-0.05, 0) is 30.7 Å².